The van der Waals surface area contributed by atoms with E-state index in [4.69, 9.17) is 0 Å². The van der Waals surface area contributed by atoms with Crippen molar-refractivity contribution in [2.45, 2.75) is 27.7 Å². The summed E-state index contributed by atoms with van der Waals surface area (Å²) in [7, 11) is 0. The zero-order valence-electron chi connectivity index (χ0n) is 15.6. The van der Waals surface area contributed by atoms with Crippen LogP contribution in [-0.4, -0.2) is 19.1 Å². The first-order chi connectivity index (χ1) is 12.5. The van der Waals surface area contributed by atoms with Gasteiger partial charge >= 0.3 is 0 Å². The van der Waals surface area contributed by atoms with Crippen LogP contribution in [-0.2, 0) is 0 Å². The summed E-state index contributed by atoms with van der Waals surface area (Å²) in [6.07, 6.45) is 11.3. The normalized spacial score (nSPS) is 11.1. The summed E-state index contributed by atoms with van der Waals surface area (Å²) in [6.45, 7) is 8.62. The van der Waals surface area contributed by atoms with Crippen LogP contribution in [0.15, 0.2) is 61.7 Å². The molecule has 0 fully saturated rings. The van der Waals surface area contributed by atoms with E-state index in [-0.39, 0.29) is 0 Å². The van der Waals surface area contributed by atoms with Gasteiger partial charge in [0, 0.05) is 35.9 Å². The van der Waals surface area contributed by atoms with Crippen molar-refractivity contribution in [1.82, 2.24) is 19.1 Å². The van der Waals surface area contributed by atoms with Crippen molar-refractivity contribution in [3.05, 3.63) is 84.0 Å². The second kappa shape index (κ2) is 6.30. The van der Waals surface area contributed by atoms with E-state index in [1.807, 2.05) is 37.4 Å². The predicted octanol–water partition coefficient (Wildman–Crippen LogP) is 4.96. The summed E-state index contributed by atoms with van der Waals surface area (Å²) in [5.74, 6) is 0. The number of hydrogen-bond donors (Lipinski definition) is 0. The van der Waals surface area contributed by atoms with Gasteiger partial charge < -0.3 is 9.13 Å². The highest BCUT2D eigenvalue weighted by atomic mass is 15.0. The van der Waals surface area contributed by atoms with Crippen molar-refractivity contribution in [3.8, 4) is 22.5 Å². The minimum Gasteiger partial charge on any atom is -0.306 e. The Kier molecular flexibility index (Phi) is 3.96. The second-order valence-electron chi connectivity index (χ2n) is 6.85. The summed E-state index contributed by atoms with van der Waals surface area (Å²) in [4.78, 5) is 8.47. The standard InChI is InChI=1S/C22H22N4/c1-15-9-19(21(11-17(15)3)25-7-5-23-13-25)20-10-16(2)18(4)12-22(20)26-8-6-24-14-26/h5-14H,1-4H3. The quantitative estimate of drug-likeness (QED) is 0.527. The molecule has 26 heavy (non-hydrogen) atoms. The minimum absolute atomic E-state index is 1.13. The molecule has 4 rings (SSSR count). The molecule has 0 bridgehead atoms. The maximum Gasteiger partial charge on any atom is 0.0991 e. The van der Waals surface area contributed by atoms with Gasteiger partial charge in [-0.2, -0.15) is 0 Å². The van der Waals surface area contributed by atoms with Gasteiger partial charge in [-0.15, -0.1) is 0 Å². The molecule has 0 N–H and O–H groups in total. The highest BCUT2D eigenvalue weighted by Crippen LogP contribution is 2.35. The SMILES string of the molecule is Cc1cc(-c2cc(C)c(C)cc2-n2ccnc2)c(-n2ccnc2)cc1C. The van der Waals surface area contributed by atoms with E-state index < -0.39 is 0 Å². The molecule has 0 unspecified atom stereocenters. The lowest BCUT2D eigenvalue weighted by Gasteiger charge is -2.19. The molecule has 0 aliphatic rings. The van der Waals surface area contributed by atoms with E-state index >= 15 is 0 Å². The molecule has 0 saturated heterocycles. The largest absolute Gasteiger partial charge is 0.306 e. The van der Waals surface area contributed by atoms with Gasteiger partial charge in [0.1, 0.15) is 0 Å². The Hall–Kier alpha value is -3.14. The van der Waals surface area contributed by atoms with E-state index in [1.54, 1.807) is 0 Å². The van der Waals surface area contributed by atoms with Crippen LogP contribution in [0.1, 0.15) is 22.3 Å². The summed E-state index contributed by atoms with van der Waals surface area (Å²) in [5.41, 5.74) is 9.74. The Morgan fingerprint density at radius 2 is 0.962 bits per heavy atom. The third kappa shape index (κ3) is 2.73. The Bertz CT molecular complexity index is 970. The van der Waals surface area contributed by atoms with Crippen LogP contribution < -0.4 is 0 Å². The zero-order valence-corrected chi connectivity index (χ0v) is 15.6. The first kappa shape index (κ1) is 16.3. The molecule has 4 nitrogen and oxygen atoms in total. The first-order valence-electron chi connectivity index (χ1n) is 8.74. The fourth-order valence-corrected chi connectivity index (χ4v) is 3.26. The van der Waals surface area contributed by atoms with Crippen LogP contribution in [0.2, 0.25) is 0 Å². The van der Waals surface area contributed by atoms with Crippen molar-refractivity contribution >= 4 is 0 Å². The molecule has 0 atom stereocenters. The van der Waals surface area contributed by atoms with Gasteiger partial charge in [-0.05, 0) is 74.2 Å². The molecule has 0 spiro atoms. The Morgan fingerprint density at radius 1 is 0.577 bits per heavy atom. The molecule has 4 aromatic rings. The Labute approximate surface area is 153 Å². The van der Waals surface area contributed by atoms with Gasteiger partial charge in [-0.3, -0.25) is 0 Å². The van der Waals surface area contributed by atoms with Crippen LogP contribution >= 0.6 is 0 Å². The van der Waals surface area contributed by atoms with Gasteiger partial charge in [0.25, 0.3) is 0 Å². The van der Waals surface area contributed by atoms with Crippen LogP contribution in [0.5, 0.6) is 0 Å². The lowest BCUT2D eigenvalue weighted by atomic mass is 9.94. The zero-order chi connectivity index (χ0) is 18.3. The van der Waals surface area contributed by atoms with E-state index in [9.17, 15) is 0 Å². The molecule has 2 aromatic heterocycles. The maximum atomic E-state index is 4.24. The number of aromatic nitrogens is 4. The fourth-order valence-electron chi connectivity index (χ4n) is 3.26. The molecule has 0 saturated carbocycles. The lowest BCUT2D eigenvalue weighted by molar-refractivity contribution is 1.04. The Balaban J connectivity index is 2.05. The van der Waals surface area contributed by atoms with Crippen molar-refractivity contribution in [2.75, 3.05) is 0 Å². The van der Waals surface area contributed by atoms with Gasteiger partial charge in [0.15, 0.2) is 0 Å². The minimum atomic E-state index is 1.13. The van der Waals surface area contributed by atoms with E-state index in [0.29, 0.717) is 0 Å². The Morgan fingerprint density at radius 3 is 1.31 bits per heavy atom. The fraction of sp³-hybridized carbons (Fsp3) is 0.182. The molecule has 0 radical (unpaired) electrons. The second-order valence-corrected chi connectivity index (χ2v) is 6.85. The molecule has 2 aromatic carbocycles. The van der Waals surface area contributed by atoms with Gasteiger partial charge in [-0.1, -0.05) is 0 Å². The van der Waals surface area contributed by atoms with Crippen LogP contribution in [0.3, 0.4) is 0 Å². The summed E-state index contributed by atoms with van der Waals surface area (Å²) < 4.78 is 4.16. The number of aryl methyl sites for hydroxylation is 4. The lowest BCUT2D eigenvalue weighted by Crippen LogP contribution is -2.02. The number of imidazole rings is 2. The molecular formula is C22H22N4. The van der Waals surface area contributed by atoms with Crippen LogP contribution in [0.25, 0.3) is 22.5 Å². The molecule has 4 heteroatoms. The molecule has 0 aliphatic heterocycles. The number of benzene rings is 2. The monoisotopic (exact) mass is 342 g/mol. The van der Waals surface area contributed by atoms with E-state index in [1.165, 1.54) is 33.4 Å². The molecule has 0 aliphatic carbocycles. The van der Waals surface area contributed by atoms with Crippen LogP contribution in [0, 0.1) is 27.7 Å². The van der Waals surface area contributed by atoms with Gasteiger partial charge in [0.2, 0.25) is 0 Å². The van der Waals surface area contributed by atoms with Crippen molar-refractivity contribution in [1.29, 1.82) is 0 Å². The third-order valence-electron chi connectivity index (χ3n) is 5.08. The maximum absolute atomic E-state index is 4.24. The van der Waals surface area contributed by atoms with Gasteiger partial charge in [0.05, 0.1) is 24.0 Å². The summed E-state index contributed by atoms with van der Waals surface area (Å²) >= 11 is 0. The molecule has 2 heterocycles. The van der Waals surface area contributed by atoms with E-state index in [2.05, 4.69) is 71.1 Å². The molecule has 0 amide bonds. The van der Waals surface area contributed by atoms with Crippen molar-refractivity contribution in [2.24, 2.45) is 0 Å². The summed E-state index contributed by atoms with van der Waals surface area (Å²) in [6, 6.07) is 9.02. The molecular weight excluding hydrogens is 320 g/mol. The van der Waals surface area contributed by atoms with Crippen LogP contribution in [0.4, 0.5) is 0 Å². The van der Waals surface area contributed by atoms with Crippen molar-refractivity contribution in [3.63, 3.8) is 0 Å². The third-order valence-corrected chi connectivity index (χ3v) is 5.08. The number of hydrogen-bond acceptors (Lipinski definition) is 2. The van der Waals surface area contributed by atoms with Crippen molar-refractivity contribution < 1.29 is 0 Å². The topological polar surface area (TPSA) is 35.6 Å². The predicted molar refractivity (Wildman–Crippen MR) is 105 cm³/mol. The average molecular weight is 342 g/mol. The first-order valence-corrected chi connectivity index (χ1v) is 8.74. The number of rotatable bonds is 3. The smallest absolute Gasteiger partial charge is 0.0991 e. The number of nitrogens with zero attached hydrogens (tertiary/aromatic N) is 4. The highest BCUT2D eigenvalue weighted by molar-refractivity contribution is 5.81. The average Bonchev–Trinajstić information content (AvgIpc) is 3.32. The van der Waals surface area contributed by atoms with Gasteiger partial charge in [-0.25, -0.2) is 9.97 Å². The summed E-state index contributed by atoms with van der Waals surface area (Å²) in [5, 5.41) is 0. The molecule has 130 valence electrons. The van der Waals surface area contributed by atoms with E-state index in [0.717, 1.165) is 11.4 Å². The highest BCUT2D eigenvalue weighted by Gasteiger charge is 2.15.